The van der Waals surface area contributed by atoms with E-state index < -0.39 is 12.6 Å². The molecule has 1 aliphatic heterocycles. The summed E-state index contributed by atoms with van der Waals surface area (Å²) in [6.45, 7) is 2.17. The molecule has 0 unspecified atom stereocenters. The van der Waals surface area contributed by atoms with E-state index in [0.717, 1.165) is 50.0 Å². The molecular formula is C20H22F3N3. The molecule has 2 heterocycles. The molecule has 138 valence electrons. The predicted molar refractivity (Wildman–Crippen MR) is 93.0 cm³/mol. The van der Waals surface area contributed by atoms with Crippen LogP contribution in [-0.2, 0) is 6.42 Å². The molecule has 26 heavy (non-hydrogen) atoms. The quantitative estimate of drug-likeness (QED) is 0.872. The lowest BCUT2D eigenvalue weighted by molar-refractivity contribution is -0.127. The Hall–Kier alpha value is -1.82. The van der Waals surface area contributed by atoms with Gasteiger partial charge in [-0.15, -0.1) is 0 Å². The Morgan fingerprint density at radius 1 is 1.15 bits per heavy atom. The van der Waals surface area contributed by atoms with Gasteiger partial charge in [-0.2, -0.15) is 18.3 Å². The van der Waals surface area contributed by atoms with Gasteiger partial charge in [0, 0.05) is 30.4 Å². The molecule has 5 rings (SSSR count). The fourth-order valence-corrected chi connectivity index (χ4v) is 4.51. The zero-order valence-electron chi connectivity index (χ0n) is 14.5. The number of aromatic nitrogens is 2. The minimum atomic E-state index is -4.21. The number of hydrogen-bond acceptors (Lipinski definition) is 2. The van der Waals surface area contributed by atoms with Crippen molar-refractivity contribution in [2.45, 2.75) is 50.2 Å². The highest BCUT2D eigenvalue weighted by atomic mass is 19.4. The molecule has 0 amide bonds. The summed E-state index contributed by atoms with van der Waals surface area (Å²) >= 11 is 0. The summed E-state index contributed by atoms with van der Waals surface area (Å²) in [5, 5.41) is 8.15. The van der Waals surface area contributed by atoms with Gasteiger partial charge in [0.1, 0.15) is 0 Å². The Morgan fingerprint density at radius 3 is 2.50 bits per heavy atom. The SMILES string of the molecule is FC(F)(F)Cc1ccccc1-c1nn(C2CC3(CNC3)C2)cc1C1CC1. The van der Waals surface area contributed by atoms with Crippen molar-refractivity contribution in [2.24, 2.45) is 5.41 Å². The average molecular weight is 361 g/mol. The van der Waals surface area contributed by atoms with Crippen molar-refractivity contribution < 1.29 is 13.2 Å². The van der Waals surface area contributed by atoms with Crippen molar-refractivity contribution in [3.05, 3.63) is 41.6 Å². The third-order valence-corrected chi connectivity index (χ3v) is 6.15. The van der Waals surface area contributed by atoms with Gasteiger partial charge in [0.15, 0.2) is 0 Å². The summed E-state index contributed by atoms with van der Waals surface area (Å²) in [5.41, 5.74) is 3.31. The summed E-state index contributed by atoms with van der Waals surface area (Å²) in [6, 6.07) is 7.24. The van der Waals surface area contributed by atoms with Crippen LogP contribution in [0, 0.1) is 5.41 Å². The Kier molecular flexibility index (Phi) is 3.52. The first-order valence-electron chi connectivity index (χ1n) is 9.37. The number of nitrogens with zero attached hydrogens (tertiary/aromatic N) is 2. The molecular weight excluding hydrogens is 339 g/mol. The van der Waals surface area contributed by atoms with Gasteiger partial charge in [-0.25, -0.2) is 0 Å². The van der Waals surface area contributed by atoms with E-state index in [1.165, 1.54) is 0 Å². The van der Waals surface area contributed by atoms with Gasteiger partial charge in [0.05, 0.1) is 18.2 Å². The van der Waals surface area contributed by atoms with Crippen LogP contribution in [0.4, 0.5) is 13.2 Å². The van der Waals surface area contributed by atoms with Crippen LogP contribution in [0.2, 0.25) is 0 Å². The third-order valence-electron chi connectivity index (χ3n) is 6.15. The van der Waals surface area contributed by atoms with E-state index in [-0.39, 0.29) is 0 Å². The first-order chi connectivity index (χ1) is 12.4. The van der Waals surface area contributed by atoms with E-state index in [9.17, 15) is 13.2 Å². The maximum absolute atomic E-state index is 13.0. The van der Waals surface area contributed by atoms with Crippen LogP contribution in [0.25, 0.3) is 11.3 Å². The molecule has 3 fully saturated rings. The molecule has 1 N–H and O–H groups in total. The van der Waals surface area contributed by atoms with Crippen LogP contribution in [0.5, 0.6) is 0 Å². The minimum Gasteiger partial charge on any atom is -0.316 e. The maximum Gasteiger partial charge on any atom is 0.393 e. The lowest BCUT2D eigenvalue weighted by atomic mass is 9.62. The molecule has 6 heteroatoms. The zero-order valence-corrected chi connectivity index (χ0v) is 14.5. The molecule has 1 saturated heterocycles. The molecule has 0 bridgehead atoms. The van der Waals surface area contributed by atoms with E-state index >= 15 is 0 Å². The standard InChI is InChI=1S/C20H22F3N3/c21-20(22,23)7-14-3-1-2-4-16(14)18-17(13-5-6-13)10-26(25-18)15-8-19(9-15)11-24-12-19/h1-4,10,13,15,24H,5-9,11-12H2. The van der Waals surface area contributed by atoms with Gasteiger partial charge < -0.3 is 5.32 Å². The Balaban J connectivity index is 1.49. The lowest BCUT2D eigenvalue weighted by Crippen LogP contribution is -2.60. The topological polar surface area (TPSA) is 29.9 Å². The molecule has 2 aromatic rings. The summed E-state index contributed by atoms with van der Waals surface area (Å²) in [7, 11) is 0. The third kappa shape index (κ3) is 2.84. The van der Waals surface area contributed by atoms with Gasteiger partial charge in [0.25, 0.3) is 0 Å². The van der Waals surface area contributed by atoms with Gasteiger partial charge in [-0.1, -0.05) is 24.3 Å². The Morgan fingerprint density at radius 2 is 1.88 bits per heavy atom. The first-order valence-corrected chi connectivity index (χ1v) is 9.37. The highest BCUT2D eigenvalue weighted by Gasteiger charge is 2.49. The summed E-state index contributed by atoms with van der Waals surface area (Å²) in [4.78, 5) is 0. The zero-order chi connectivity index (χ0) is 17.9. The van der Waals surface area contributed by atoms with Gasteiger partial charge in [-0.05, 0) is 42.6 Å². The van der Waals surface area contributed by atoms with Crippen LogP contribution in [0.1, 0.15) is 48.8 Å². The van der Waals surface area contributed by atoms with Gasteiger partial charge in [0.2, 0.25) is 0 Å². The van der Waals surface area contributed by atoms with E-state index in [4.69, 9.17) is 5.10 Å². The second kappa shape index (κ2) is 5.59. The van der Waals surface area contributed by atoms with Crippen LogP contribution in [0.15, 0.2) is 30.5 Å². The summed E-state index contributed by atoms with van der Waals surface area (Å²) < 4.78 is 41.1. The van der Waals surface area contributed by atoms with Crippen LogP contribution in [0.3, 0.4) is 0 Å². The molecule has 2 aliphatic carbocycles. The first kappa shape index (κ1) is 16.4. The Labute approximate surface area is 150 Å². The number of hydrogen-bond donors (Lipinski definition) is 1. The number of benzene rings is 1. The van der Waals surface area contributed by atoms with Crippen LogP contribution < -0.4 is 5.32 Å². The van der Waals surface area contributed by atoms with E-state index in [0.29, 0.717) is 28.5 Å². The predicted octanol–water partition coefficient (Wildman–Crippen LogP) is 4.46. The van der Waals surface area contributed by atoms with Crippen molar-refractivity contribution in [2.75, 3.05) is 13.1 Å². The fraction of sp³-hybridized carbons (Fsp3) is 0.550. The van der Waals surface area contributed by atoms with Crippen LogP contribution in [-0.4, -0.2) is 29.0 Å². The van der Waals surface area contributed by atoms with E-state index in [1.807, 2.05) is 10.7 Å². The van der Waals surface area contributed by atoms with Crippen molar-refractivity contribution >= 4 is 0 Å². The van der Waals surface area contributed by atoms with E-state index in [2.05, 4.69) is 11.5 Å². The highest BCUT2D eigenvalue weighted by Crippen LogP contribution is 2.52. The van der Waals surface area contributed by atoms with Crippen LogP contribution >= 0.6 is 0 Å². The normalized spacial score (nSPS) is 22.3. The fourth-order valence-electron chi connectivity index (χ4n) is 4.51. The largest absolute Gasteiger partial charge is 0.393 e. The molecule has 3 aliphatic rings. The summed E-state index contributed by atoms with van der Waals surface area (Å²) in [6.07, 6.45) is 1.46. The molecule has 3 nitrogen and oxygen atoms in total. The van der Waals surface area contributed by atoms with Gasteiger partial charge in [-0.3, -0.25) is 4.68 Å². The Bertz CT molecular complexity index is 823. The maximum atomic E-state index is 13.0. The number of rotatable bonds is 4. The van der Waals surface area contributed by atoms with Crippen molar-refractivity contribution in [1.82, 2.24) is 15.1 Å². The highest BCUT2D eigenvalue weighted by molar-refractivity contribution is 5.68. The second-order valence-corrected chi connectivity index (χ2v) is 8.30. The number of alkyl halides is 3. The van der Waals surface area contributed by atoms with Crippen molar-refractivity contribution in [3.8, 4) is 11.3 Å². The summed E-state index contributed by atoms with van der Waals surface area (Å²) in [5.74, 6) is 0.456. The number of halogens is 3. The average Bonchev–Trinajstić information content (AvgIpc) is 3.24. The number of nitrogens with one attached hydrogen (secondary N) is 1. The molecule has 0 atom stereocenters. The molecule has 1 aromatic carbocycles. The minimum absolute atomic E-state index is 0.320. The second-order valence-electron chi connectivity index (χ2n) is 8.30. The molecule has 2 saturated carbocycles. The molecule has 1 aromatic heterocycles. The smallest absolute Gasteiger partial charge is 0.316 e. The molecule has 0 radical (unpaired) electrons. The lowest BCUT2D eigenvalue weighted by Gasteiger charge is -2.54. The monoisotopic (exact) mass is 361 g/mol. The van der Waals surface area contributed by atoms with Gasteiger partial charge >= 0.3 is 6.18 Å². The molecule has 1 spiro atoms. The van der Waals surface area contributed by atoms with E-state index in [1.54, 1.807) is 18.2 Å². The van der Waals surface area contributed by atoms with Crippen molar-refractivity contribution in [1.29, 1.82) is 0 Å². The van der Waals surface area contributed by atoms with Crippen molar-refractivity contribution in [3.63, 3.8) is 0 Å².